The summed E-state index contributed by atoms with van der Waals surface area (Å²) in [5, 5.41) is 14.3. The van der Waals surface area contributed by atoms with Crippen molar-refractivity contribution in [2.45, 2.75) is 19.8 Å². The van der Waals surface area contributed by atoms with Crippen LogP contribution in [-0.2, 0) is 0 Å². The van der Waals surface area contributed by atoms with Gasteiger partial charge in [-0.05, 0) is 36.8 Å². The van der Waals surface area contributed by atoms with Crippen molar-refractivity contribution in [2.24, 2.45) is 0 Å². The lowest BCUT2D eigenvalue weighted by atomic mass is 10.3. The minimum Gasteiger partial charge on any atom is -0.495 e. The highest BCUT2D eigenvalue weighted by Gasteiger charge is 2.08. The molecule has 0 unspecified atom stereocenters. The lowest BCUT2D eigenvalue weighted by Crippen LogP contribution is -2.25. The van der Waals surface area contributed by atoms with Crippen molar-refractivity contribution in [3.63, 3.8) is 0 Å². The standard InChI is InChI=1S/C16H19ClN4O2/c1-3-4-9-18-16(22)13-6-8-15(21-20-13)19-11-5-7-14(23-2)12(17)10-11/h5-8,10H,3-4,9H2,1-2H3,(H,18,22)(H,19,21). The van der Waals surface area contributed by atoms with E-state index >= 15 is 0 Å². The molecule has 1 heterocycles. The number of halogens is 1. The third-order valence-corrected chi connectivity index (χ3v) is 3.43. The van der Waals surface area contributed by atoms with Crippen LogP contribution in [0.15, 0.2) is 30.3 Å². The predicted molar refractivity (Wildman–Crippen MR) is 90.6 cm³/mol. The summed E-state index contributed by atoms with van der Waals surface area (Å²) in [4.78, 5) is 11.8. The number of nitrogens with one attached hydrogen (secondary N) is 2. The molecule has 0 aliphatic carbocycles. The number of carbonyl (C=O) groups excluding carboxylic acids is 1. The van der Waals surface area contributed by atoms with Crippen LogP contribution >= 0.6 is 11.6 Å². The van der Waals surface area contributed by atoms with Crippen LogP contribution in [0.5, 0.6) is 5.75 Å². The normalized spacial score (nSPS) is 10.2. The molecule has 6 nitrogen and oxygen atoms in total. The van der Waals surface area contributed by atoms with Gasteiger partial charge in [0.2, 0.25) is 0 Å². The van der Waals surface area contributed by atoms with Gasteiger partial charge in [0.15, 0.2) is 11.5 Å². The fourth-order valence-corrected chi connectivity index (χ4v) is 2.14. The summed E-state index contributed by atoms with van der Waals surface area (Å²) in [6, 6.07) is 8.63. The summed E-state index contributed by atoms with van der Waals surface area (Å²) in [6.07, 6.45) is 1.97. The minimum absolute atomic E-state index is 0.218. The molecule has 122 valence electrons. The van der Waals surface area contributed by atoms with E-state index < -0.39 is 0 Å². The van der Waals surface area contributed by atoms with Gasteiger partial charge >= 0.3 is 0 Å². The number of hydrogen-bond acceptors (Lipinski definition) is 5. The van der Waals surface area contributed by atoms with Gasteiger partial charge in [0, 0.05) is 12.2 Å². The summed E-state index contributed by atoms with van der Waals surface area (Å²) in [5.41, 5.74) is 1.05. The maximum absolute atomic E-state index is 11.8. The molecule has 0 radical (unpaired) electrons. The van der Waals surface area contributed by atoms with Crippen molar-refractivity contribution >= 4 is 29.0 Å². The van der Waals surface area contributed by atoms with Crippen LogP contribution in [0.3, 0.4) is 0 Å². The van der Waals surface area contributed by atoms with Crippen molar-refractivity contribution < 1.29 is 9.53 Å². The Balaban J connectivity index is 1.99. The van der Waals surface area contributed by atoms with E-state index in [1.807, 2.05) is 6.07 Å². The van der Waals surface area contributed by atoms with Gasteiger partial charge in [0.25, 0.3) is 5.91 Å². The zero-order valence-electron chi connectivity index (χ0n) is 13.1. The molecular formula is C16H19ClN4O2. The summed E-state index contributed by atoms with van der Waals surface area (Å²) in [5.74, 6) is 0.906. The van der Waals surface area contributed by atoms with Crippen LogP contribution < -0.4 is 15.4 Å². The number of anilines is 2. The first-order valence-electron chi connectivity index (χ1n) is 7.36. The monoisotopic (exact) mass is 334 g/mol. The van der Waals surface area contributed by atoms with Crippen molar-refractivity contribution in [3.8, 4) is 5.75 Å². The van der Waals surface area contributed by atoms with E-state index in [1.54, 1.807) is 31.4 Å². The Morgan fingerprint density at radius 1 is 1.26 bits per heavy atom. The molecule has 2 N–H and O–H groups in total. The average Bonchev–Trinajstić information content (AvgIpc) is 2.56. The van der Waals surface area contributed by atoms with Crippen LogP contribution in [0.2, 0.25) is 5.02 Å². The summed E-state index contributed by atoms with van der Waals surface area (Å²) in [7, 11) is 1.56. The molecule has 0 spiro atoms. The Labute approximate surface area is 140 Å². The molecule has 0 aliphatic heterocycles. The lowest BCUT2D eigenvalue weighted by molar-refractivity contribution is 0.0947. The second-order valence-electron chi connectivity index (χ2n) is 4.89. The number of amides is 1. The van der Waals surface area contributed by atoms with Crippen LogP contribution in [0.4, 0.5) is 11.5 Å². The van der Waals surface area contributed by atoms with Crippen molar-refractivity contribution in [1.29, 1.82) is 0 Å². The van der Waals surface area contributed by atoms with E-state index in [0.29, 0.717) is 28.8 Å². The van der Waals surface area contributed by atoms with Crippen molar-refractivity contribution in [2.75, 3.05) is 19.0 Å². The number of unbranched alkanes of at least 4 members (excludes halogenated alkanes) is 1. The highest BCUT2D eigenvalue weighted by Crippen LogP contribution is 2.28. The van der Waals surface area contributed by atoms with Gasteiger partial charge in [-0.2, -0.15) is 0 Å². The third-order valence-electron chi connectivity index (χ3n) is 3.14. The van der Waals surface area contributed by atoms with Gasteiger partial charge in [-0.15, -0.1) is 10.2 Å². The number of ether oxygens (including phenoxy) is 1. The Kier molecular flexibility index (Phi) is 6.17. The van der Waals surface area contributed by atoms with E-state index in [4.69, 9.17) is 16.3 Å². The molecule has 0 atom stereocenters. The molecular weight excluding hydrogens is 316 g/mol. The zero-order chi connectivity index (χ0) is 16.7. The Hall–Kier alpha value is -2.34. The molecule has 7 heteroatoms. The smallest absolute Gasteiger partial charge is 0.271 e. The highest BCUT2D eigenvalue weighted by atomic mass is 35.5. The second-order valence-corrected chi connectivity index (χ2v) is 5.29. The molecule has 2 rings (SSSR count). The van der Waals surface area contributed by atoms with Crippen LogP contribution in [0.25, 0.3) is 0 Å². The quantitative estimate of drug-likeness (QED) is 0.759. The van der Waals surface area contributed by atoms with Gasteiger partial charge in [0.1, 0.15) is 5.75 Å². The zero-order valence-corrected chi connectivity index (χ0v) is 13.9. The summed E-state index contributed by atoms with van der Waals surface area (Å²) >= 11 is 6.07. The summed E-state index contributed by atoms with van der Waals surface area (Å²) < 4.78 is 5.10. The number of benzene rings is 1. The topological polar surface area (TPSA) is 76.1 Å². The lowest BCUT2D eigenvalue weighted by Gasteiger charge is -2.08. The van der Waals surface area contributed by atoms with E-state index in [-0.39, 0.29) is 5.91 Å². The van der Waals surface area contributed by atoms with E-state index in [9.17, 15) is 4.79 Å². The maximum Gasteiger partial charge on any atom is 0.271 e. The maximum atomic E-state index is 11.8. The molecule has 0 aliphatic rings. The fourth-order valence-electron chi connectivity index (χ4n) is 1.88. The van der Waals surface area contributed by atoms with E-state index in [1.165, 1.54) is 0 Å². The van der Waals surface area contributed by atoms with Gasteiger partial charge < -0.3 is 15.4 Å². The second kappa shape index (κ2) is 8.33. The first kappa shape index (κ1) is 17.0. The molecule has 1 aromatic heterocycles. The largest absolute Gasteiger partial charge is 0.495 e. The van der Waals surface area contributed by atoms with Crippen molar-refractivity contribution in [3.05, 3.63) is 41.0 Å². The minimum atomic E-state index is -0.218. The van der Waals surface area contributed by atoms with Gasteiger partial charge in [-0.1, -0.05) is 24.9 Å². The molecule has 0 saturated heterocycles. The first-order valence-corrected chi connectivity index (χ1v) is 7.74. The first-order chi connectivity index (χ1) is 11.1. The molecule has 2 aromatic rings. The summed E-state index contributed by atoms with van der Waals surface area (Å²) in [6.45, 7) is 2.71. The Bertz CT molecular complexity index is 662. The van der Waals surface area contributed by atoms with E-state index in [0.717, 1.165) is 18.5 Å². The Morgan fingerprint density at radius 3 is 2.70 bits per heavy atom. The predicted octanol–water partition coefficient (Wildman–Crippen LogP) is 3.41. The number of methoxy groups -OCH3 is 1. The van der Waals surface area contributed by atoms with Crippen LogP contribution in [-0.4, -0.2) is 29.8 Å². The molecule has 0 fully saturated rings. The fraction of sp³-hybridized carbons (Fsp3) is 0.312. The number of carbonyl (C=O) groups is 1. The van der Waals surface area contributed by atoms with Gasteiger partial charge in [0.05, 0.1) is 12.1 Å². The molecule has 1 amide bonds. The average molecular weight is 335 g/mol. The van der Waals surface area contributed by atoms with Crippen LogP contribution in [0, 0.1) is 0 Å². The Morgan fingerprint density at radius 2 is 2.09 bits per heavy atom. The highest BCUT2D eigenvalue weighted by molar-refractivity contribution is 6.32. The molecule has 1 aromatic carbocycles. The SMILES string of the molecule is CCCCNC(=O)c1ccc(Nc2ccc(OC)c(Cl)c2)nn1. The van der Waals surface area contributed by atoms with E-state index in [2.05, 4.69) is 27.8 Å². The number of hydrogen-bond donors (Lipinski definition) is 2. The third kappa shape index (κ3) is 4.82. The molecule has 23 heavy (non-hydrogen) atoms. The number of nitrogens with zero attached hydrogens (tertiary/aromatic N) is 2. The number of rotatable bonds is 7. The van der Waals surface area contributed by atoms with Gasteiger partial charge in [-0.3, -0.25) is 4.79 Å². The molecule has 0 saturated carbocycles. The van der Waals surface area contributed by atoms with Gasteiger partial charge in [-0.25, -0.2) is 0 Å². The van der Waals surface area contributed by atoms with Crippen molar-refractivity contribution in [1.82, 2.24) is 15.5 Å². The van der Waals surface area contributed by atoms with Crippen LogP contribution in [0.1, 0.15) is 30.3 Å². The molecule has 0 bridgehead atoms. The number of aromatic nitrogens is 2.